The van der Waals surface area contributed by atoms with Crippen LogP contribution in [0.5, 0.6) is 5.75 Å². The van der Waals surface area contributed by atoms with Crippen molar-refractivity contribution in [3.05, 3.63) is 77.3 Å². The largest absolute Gasteiger partial charge is 0.496 e. The molecule has 0 unspecified atom stereocenters. The van der Waals surface area contributed by atoms with Crippen LogP contribution in [0.4, 0.5) is 5.69 Å². The molecule has 0 saturated heterocycles. The van der Waals surface area contributed by atoms with Crippen LogP contribution in [0.2, 0.25) is 5.02 Å². The predicted molar refractivity (Wildman–Crippen MR) is 127 cm³/mol. The summed E-state index contributed by atoms with van der Waals surface area (Å²) in [5.41, 5.74) is 2.81. The quantitative estimate of drug-likeness (QED) is 0.385. The number of halogens is 1. The van der Waals surface area contributed by atoms with E-state index in [4.69, 9.17) is 28.6 Å². The number of fused-ring (bicyclic) bond motifs is 1. The van der Waals surface area contributed by atoms with E-state index in [0.717, 1.165) is 20.8 Å². The molecule has 0 bridgehead atoms. The van der Waals surface area contributed by atoms with Crippen LogP contribution >= 0.6 is 35.2 Å². The van der Waals surface area contributed by atoms with Crippen LogP contribution in [-0.4, -0.2) is 23.1 Å². The monoisotopic (exact) mass is 453 g/mol. The maximum absolute atomic E-state index is 12.5. The summed E-state index contributed by atoms with van der Waals surface area (Å²) < 4.78 is 6.31. The molecule has 1 aromatic heterocycles. The lowest BCUT2D eigenvalue weighted by molar-refractivity contribution is 0.0975. The highest BCUT2D eigenvalue weighted by Crippen LogP contribution is 2.35. The first-order valence-corrected chi connectivity index (χ1v) is 10.6. The van der Waals surface area contributed by atoms with Crippen molar-refractivity contribution in [2.75, 3.05) is 12.4 Å². The minimum absolute atomic E-state index is 0.170. The first-order valence-electron chi connectivity index (χ1n) is 8.96. The Labute approximate surface area is 187 Å². The van der Waals surface area contributed by atoms with E-state index in [2.05, 4.69) is 15.6 Å². The van der Waals surface area contributed by atoms with Gasteiger partial charge in [0.25, 0.3) is 5.91 Å². The Morgan fingerprint density at radius 2 is 1.87 bits per heavy atom. The summed E-state index contributed by atoms with van der Waals surface area (Å²) in [6, 6.07) is 20.3. The van der Waals surface area contributed by atoms with Crippen LogP contribution in [0.15, 0.2) is 66.7 Å². The average molecular weight is 454 g/mol. The molecule has 5 nitrogen and oxygen atoms in total. The van der Waals surface area contributed by atoms with E-state index in [-0.39, 0.29) is 11.0 Å². The fourth-order valence-corrected chi connectivity index (χ4v) is 4.39. The van der Waals surface area contributed by atoms with E-state index < -0.39 is 0 Å². The summed E-state index contributed by atoms with van der Waals surface area (Å²) in [5, 5.41) is 7.27. The summed E-state index contributed by atoms with van der Waals surface area (Å²) >= 11 is 13.3. The van der Waals surface area contributed by atoms with Crippen molar-refractivity contribution in [2.24, 2.45) is 0 Å². The Morgan fingerprint density at radius 3 is 2.67 bits per heavy atom. The third kappa shape index (κ3) is 4.28. The van der Waals surface area contributed by atoms with Gasteiger partial charge in [-0.05, 0) is 54.7 Å². The van der Waals surface area contributed by atoms with Gasteiger partial charge >= 0.3 is 0 Å². The van der Waals surface area contributed by atoms with Crippen molar-refractivity contribution in [1.29, 1.82) is 0 Å². The first kappa shape index (κ1) is 20.3. The molecule has 1 heterocycles. The molecule has 2 N–H and O–H groups in total. The van der Waals surface area contributed by atoms with Crippen LogP contribution in [-0.2, 0) is 0 Å². The highest BCUT2D eigenvalue weighted by molar-refractivity contribution is 7.80. The normalized spacial score (nSPS) is 10.6. The van der Waals surface area contributed by atoms with Gasteiger partial charge in [0.1, 0.15) is 10.8 Å². The van der Waals surface area contributed by atoms with Gasteiger partial charge in [-0.15, -0.1) is 11.3 Å². The lowest BCUT2D eigenvalue weighted by Gasteiger charge is -2.12. The van der Waals surface area contributed by atoms with Crippen molar-refractivity contribution in [3.8, 4) is 16.3 Å². The number of anilines is 1. The minimum atomic E-state index is -0.356. The molecule has 0 aliphatic heterocycles. The Bertz CT molecular complexity index is 1220. The summed E-state index contributed by atoms with van der Waals surface area (Å²) in [7, 11) is 1.51. The molecule has 4 aromatic rings. The molecule has 0 fully saturated rings. The Balaban J connectivity index is 1.53. The number of para-hydroxylation sites is 2. The zero-order valence-electron chi connectivity index (χ0n) is 15.8. The maximum Gasteiger partial charge on any atom is 0.261 e. The number of benzene rings is 3. The molecule has 1 amide bonds. The van der Waals surface area contributed by atoms with Crippen molar-refractivity contribution in [1.82, 2.24) is 10.3 Å². The molecule has 3 aromatic carbocycles. The van der Waals surface area contributed by atoms with Gasteiger partial charge in [0.05, 0.1) is 27.9 Å². The van der Waals surface area contributed by atoms with Gasteiger partial charge in [-0.3, -0.25) is 10.1 Å². The zero-order chi connectivity index (χ0) is 21.1. The third-order valence-corrected chi connectivity index (χ3v) is 5.93. The molecule has 0 saturated carbocycles. The second-order valence-corrected chi connectivity index (χ2v) is 8.14. The van der Waals surface area contributed by atoms with Gasteiger partial charge in [0, 0.05) is 11.3 Å². The van der Waals surface area contributed by atoms with Crippen LogP contribution < -0.4 is 15.4 Å². The van der Waals surface area contributed by atoms with E-state index in [9.17, 15) is 4.79 Å². The Kier molecular flexibility index (Phi) is 5.94. The lowest BCUT2D eigenvalue weighted by Crippen LogP contribution is -2.34. The SMILES string of the molecule is COc1ccccc1C(=O)NC(=S)Nc1ccc(Cl)c(-c2nc3ccccc3s2)c1. The number of nitrogens with one attached hydrogen (secondary N) is 2. The van der Waals surface area contributed by atoms with E-state index in [1.165, 1.54) is 7.11 Å². The number of aromatic nitrogens is 1. The minimum Gasteiger partial charge on any atom is -0.496 e. The van der Waals surface area contributed by atoms with Gasteiger partial charge < -0.3 is 10.1 Å². The molecule has 4 rings (SSSR count). The summed E-state index contributed by atoms with van der Waals surface area (Å²) in [6.07, 6.45) is 0. The molecule has 150 valence electrons. The molecule has 0 atom stereocenters. The smallest absolute Gasteiger partial charge is 0.261 e. The number of thiocarbonyl (C=S) groups is 1. The number of ether oxygens (including phenoxy) is 1. The van der Waals surface area contributed by atoms with Gasteiger partial charge in [0.2, 0.25) is 0 Å². The molecule has 0 aliphatic rings. The average Bonchev–Trinajstić information content (AvgIpc) is 3.19. The number of hydrogen-bond acceptors (Lipinski definition) is 5. The number of methoxy groups -OCH3 is 1. The molecule has 8 heteroatoms. The van der Waals surface area contributed by atoms with Crippen LogP contribution in [0.25, 0.3) is 20.8 Å². The number of carbonyl (C=O) groups is 1. The topological polar surface area (TPSA) is 63.2 Å². The summed E-state index contributed by atoms with van der Waals surface area (Å²) in [4.78, 5) is 17.2. The van der Waals surface area contributed by atoms with Crippen molar-refractivity contribution >= 4 is 62.1 Å². The van der Waals surface area contributed by atoms with Crippen molar-refractivity contribution < 1.29 is 9.53 Å². The van der Waals surface area contributed by atoms with Crippen LogP contribution in [0.3, 0.4) is 0 Å². The van der Waals surface area contributed by atoms with Gasteiger partial charge in [-0.1, -0.05) is 35.9 Å². The standard InChI is InChI=1S/C22H16ClN3O2S2/c1-28-18-8-4-2-6-14(18)20(27)26-22(29)24-13-10-11-16(23)15(12-13)21-25-17-7-3-5-9-19(17)30-21/h2-12H,1H3,(H2,24,26,27,29). The fraction of sp³-hybridized carbons (Fsp3) is 0.0455. The third-order valence-electron chi connectivity index (χ3n) is 4.33. The fourth-order valence-electron chi connectivity index (χ4n) is 2.92. The predicted octanol–water partition coefficient (Wildman–Crippen LogP) is 5.75. The van der Waals surface area contributed by atoms with E-state index in [1.807, 2.05) is 30.3 Å². The number of carbonyl (C=O) groups excluding carboxylic acids is 1. The Hall–Kier alpha value is -3.00. The first-order chi connectivity index (χ1) is 14.5. The van der Waals surface area contributed by atoms with E-state index in [1.54, 1.807) is 47.7 Å². The van der Waals surface area contributed by atoms with Crippen molar-refractivity contribution in [3.63, 3.8) is 0 Å². The highest BCUT2D eigenvalue weighted by Gasteiger charge is 2.14. The zero-order valence-corrected chi connectivity index (χ0v) is 18.2. The van der Waals surface area contributed by atoms with E-state index in [0.29, 0.717) is 22.0 Å². The van der Waals surface area contributed by atoms with Crippen LogP contribution in [0, 0.1) is 0 Å². The second-order valence-electron chi connectivity index (χ2n) is 6.29. The van der Waals surface area contributed by atoms with Crippen LogP contribution in [0.1, 0.15) is 10.4 Å². The second kappa shape index (κ2) is 8.79. The lowest BCUT2D eigenvalue weighted by atomic mass is 10.2. The number of rotatable bonds is 4. The van der Waals surface area contributed by atoms with Crippen molar-refractivity contribution in [2.45, 2.75) is 0 Å². The molecule has 0 spiro atoms. The van der Waals surface area contributed by atoms with E-state index >= 15 is 0 Å². The number of thiazole rings is 1. The number of amides is 1. The molecular formula is C22H16ClN3O2S2. The molecule has 0 radical (unpaired) electrons. The number of hydrogen-bond donors (Lipinski definition) is 2. The molecule has 0 aliphatic carbocycles. The highest BCUT2D eigenvalue weighted by atomic mass is 35.5. The maximum atomic E-state index is 12.5. The molecule has 30 heavy (non-hydrogen) atoms. The molecular weight excluding hydrogens is 438 g/mol. The summed E-state index contributed by atoms with van der Waals surface area (Å²) in [6.45, 7) is 0. The number of nitrogens with zero attached hydrogens (tertiary/aromatic N) is 1. The van der Waals surface area contributed by atoms with Gasteiger partial charge in [-0.2, -0.15) is 0 Å². The van der Waals surface area contributed by atoms with Gasteiger partial charge in [-0.25, -0.2) is 4.98 Å². The van der Waals surface area contributed by atoms with Gasteiger partial charge in [0.15, 0.2) is 5.11 Å². The Morgan fingerprint density at radius 1 is 1.10 bits per heavy atom. The summed E-state index contributed by atoms with van der Waals surface area (Å²) in [5.74, 6) is 0.118.